The van der Waals surface area contributed by atoms with Crippen molar-refractivity contribution in [2.45, 2.75) is 64.4 Å². The zero-order chi connectivity index (χ0) is 15.7. The molecule has 1 nitrogen and oxygen atoms in total. The lowest BCUT2D eigenvalue weighted by atomic mass is 9.77. The molecule has 1 aliphatic carbocycles. The fourth-order valence-electron chi connectivity index (χ4n) is 4.02. The molecule has 0 spiro atoms. The highest BCUT2D eigenvalue weighted by atomic mass is 19.2. The normalized spacial score (nSPS) is 32.9. The van der Waals surface area contributed by atoms with Crippen molar-refractivity contribution in [3.8, 4) is 0 Å². The summed E-state index contributed by atoms with van der Waals surface area (Å²) in [6.07, 6.45) is 7.29. The summed E-state index contributed by atoms with van der Waals surface area (Å²) in [7, 11) is 0. The van der Waals surface area contributed by atoms with Gasteiger partial charge in [0.05, 0.1) is 12.7 Å². The molecule has 0 amide bonds. The Morgan fingerprint density at radius 3 is 2.32 bits per heavy atom. The maximum absolute atomic E-state index is 14.1. The van der Waals surface area contributed by atoms with Crippen LogP contribution in [0.3, 0.4) is 0 Å². The SMILES string of the molecule is Cc1ccc([C@@H]2CCC(C3CCC(C)CC3)OC2)c(F)c1F. The van der Waals surface area contributed by atoms with Gasteiger partial charge in [-0.3, -0.25) is 0 Å². The topological polar surface area (TPSA) is 9.23 Å². The molecular formula is C19H26F2O. The van der Waals surface area contributed by atoms with Crippen LogP contribution in [0.2, 0.25) is 0 Å². The second kappa shape index (κ2) is 6.66. The number of benzene rings is 1. The lowest BCUT2D eigenvalue weighted by Crippen LogP contribution is -2.33. The Morgan fingerprint density at radius 1 is 0.955 bits per heavy atom. The average molecular weight is 308 g/mol. The van der Waals surface area contributed by atoms with E-state index >= 15 is 0 Å². The highest BCUT2D eigenvalue weighted by Gasteiger charge is 2.32. The van der Waals surface area contributed by atoms with E-state index in [1.54, 1.807) is 19.1 Å². The maximum Gasteiger partial charge on any atom is 0.162 e. The molecule has 22 heavy (non-hydrogen) atoms. The molecule has 1 aliphatic heterocycles. The van der Waals surface area contributed by atoms with Crippen LogP contribution in [0.4, 0.5) is 8.78 Å². The van der Waals surface area contributed by atoms with Gasteiger partial charge in [-0.25, -0.2) is 8.78 Å². The third-order valence-corrected chi connectivity index (χ3v) is 5.64. The fourth-order valence-corrected chi connectivity index (χ4v) is 4.02. The van der Waals surface area contributed by atoms with E-state index in [4.69, 9.17) is 4.74 Å². The fraction of sp³-hybridized carbons (Fsp3) is 0.684. The number of ether oxygens (including phenoxy) is 1. The van der Waals surface area contributed by atoms with Crippen LogP contribution in [-0.2, 0) is 4.74 Å². The first-order valence-electron chi connectivity index (χ1n) is 8.62. The van der Waals surface area contributed by atoms with Crippen molar-refractivity contribution in [3.63, 3.8) is 0 Å². The largest absolute Gasteiger partial charge is 0.377 e. The van der Waals surface area contributed by atoms with Crippen LogP contribution in [0.5, 0.6) is 0 Å². The minimum Gasteiger partial charge on any atom is -0.377 e. The summed E-state index contributed by atoms with van der Waals surface area (Å²) in [4.78, 5) is 0. The molecule has 1 unspecified atom stereocenters. The van der Waals surface area contributed by atoms with Crippen LogP contribution in [0.15, 0.2) is 12.1 Å². The smallest absolute Gasteiger partial charge is 0.162 e. The molecule has 1 aromatic rings. The molecule has 2 aliphatic rings. The van der Waals surface area contributed by atoms with Crippen molar-refractivity contribution in [2.24, 2.45) is 11.8 Å². The first kappa shape index (κ1) is 15.9. The Morgan fingerprint density at radius 2 is 1.68 bits per heavy atom. The standard InChI is InChI=1S/C19H26F2O/c1-12-3-6-14(7-4-12)17-10-8-15(11-22-17)16-9-5-13(2)18(20)19(16)21/h5,9,12,14-15,17H,3-4,6-8,10-11H2,1-2H3/t12?,14?,15-,17?/m1/s1. The minimum atomic E-state index is -0.708. The molecule has 122 valence electrons. The zero-order valence-corrected chi connectivity index (χ0v) is 13.6. The number of hydrogen-bond acceptors (Lipinski definition) is 1. The summed E-state index contributed by atoms with van der Waals surface area (Å²) in [5.41, 5.74) is 0.853. The van der Waals surface area contributed by atoms with E-state index in [0.29, 0.717) is 29.8 Å². The first-order chi connectivity index (χ1) is 10.6. The highest BCUT2D eigenvalue weighted by Crippen LogP contribution is 2.38. The predicted molar refractivity (Wildman–Crippen MR) is 83.9 cm³/mol. The van der Waals surface area contributed by atoms with E-state index in [1.165, 1.54) is 25.7 Å². The summed E-state index contributed by atoms with van der Waals surface area (Å²) < 4.78 is 33.9. The van der Waals surface area contributed by atoms with Crippen LogP contribution in [0.25, 0.3) is 0 Å². The zero-order valence-electron chi connectivity index (χ0n) is 13.6. The van der Waals surface area contributed by atoms with Crippen molar-refractivity contribution in [2.75, 3.05) is 6.61 Å². The number of halogens is 2. The second-order valence-electron chi connectivity index (χ2n) is 7.27. The summed E-state index contributed by atoms with van der Waals surface area (Å²) in [5, 5.41) is 0. The monoisotopic (exact) mass is 308 g/mol. The van der Waals surface area contributed by atoms with Gasteiger partial charge in [-0.15, -0.1) is 0 Å². The van der Waals surface area contributed by atoms with Gasteiger partial charge < -0.3 is 4.74 Å². The molecule has 1 aromatic carbocycles. The van der Waals surface area contributed by atoms with Crippen LogP contribution in [0.1, 0.15) is 62.5 Å². The Labute approximate surface area is 132 Å². The van der Waals surface area contributed by atoms with E-state index in [-0.39, 0.29) is 5.92 Å². The van der Waals surface area contributed by atoms with Crippen molar-refractivity contribution >= 4 is 0 Å². The van der Waals surface area contributed by atoms with E-state index in [0.717, 1.165) is 18.8 Å². The Kier molecular flexibility index (Phi) is 4.82. The van der Waals surface area contributed by atoms with Crippen molar-refractivity contribution in [1.29, 1.82) is 0 Å². The van der Waals surface area contributed by atoms with Gasteiger partial charge in [0.15, 0.2) is 11.6 Å². The molecule has 0 N–H and O–H groups in total. The lowest BCUT2D eigenvalue weighted by Gasteiger charge is -2.37. The van der Waals surface area contributed by atoms with E-state index in [1.807, 2.05) is 0 Å². The molecule has 0 radical (unpaired) electrons. The third-order valence-electron chi connectivity index (χ3n) is 5.64. The maximum atomic E-state index is 14.1. The number of rotatable bonds is 2. The molecule has 0 aromatic heterocycles. The summed E-state index contributed by atoms with van der Waals surface area (Å²) in [6.45, 7) is 4.44. The highest BCUT2D eigenvalue weighted by molar-refractivity contribution is 5.28. The molecule has 0 bridgehead atoms. The van der Waals surface area contributed by atoms with Gasteiger partial charge in [-0.2, -0.15) is 0 Å². The quantitative estimate of drug-likeness (QED) is 0.714. The Balaban J connectivity index is 1.61. The molecule has 3 heteroatoms. The minimum absolute atomic E-state index is 0.00568. The molecule has 1 saturated heterocycles. The lowest BCUT2D eigenvalue weighted by molar-refractivity contribution is -0.0432. The van der Waals surface area contributed by atoms with Crippen LogP contribution in [-0.4, -0.2) is 12.7 Å². The average Bonchev–Trinajstić information content (AvgIpc) is 2.54. The number of aryl methyl sites for hydroxylation is 1. The molecular weight excluding hydrogens is 282 g/mol. The van der Waals surface area contributed by atoms with E-state index in [9.17, 15) is 8.78 Å². The Bertz CT molecular complexity index is 512. The summed E-state index contributed by atoms with van der Waals surface area (Å²) in [6, 6.07) is 3.40. The molecule has 2 atom stereocenters. The first-order valence-corrected chi connectivity index (χ1v) is 8.62. The third kappa shape index (κ3) is 3.19. The summed E-state index contributed by atoms with van der Waals surface area (Å²) in [5.74, 6) is 0.113. The molecule has 1 heterocycles. The van der Waals surface area contributed by atoms with Crippen molar-refractivity contribution in [1.82, 2.24) is 0 Å². The second-order valence-corrected chi connectivity index (χ2v) is 7.27. The van der Waals surface area contributed by atoms with Gasteiger partial charge in [0.25, 0.3) is 0 Å². The number of hydrogen-bond donors (Lipinski definition) is 0. The van der Waals surface area contributed by atoms with Crippen LogP contribution < -0.4 is 0 Å². The van der Waals surface area contributed by atoms with Crippen molar-refractivity contribution in [3.05, 3.63) is 34.9 Å². The van der Waals surface area contributed by atoms with Gasteiger partial charge in [0.1, 0.15) is 0 Å². The summed E-state index contributed by atoms with van der Waals surface area (Å²) >= 11 is 0. The molecule has 1 saturated carbocycles. The van der Waals surface area contributed by atoms with Crippen molar-refractivity contribution < 1.29 is 13.5 Å². The van der Waals surface area contributed by atoms with E-state index in [2.05, 4.69) is 6.92 Å². The van der Waals surface area contributed by atoms with Gasteiger partial charge in [0.2, 0.25) is 0 Å². The molecule has 3 rings (SSSR count). The van der Waals surface area contributed by atoms with Gasteiger partial charge in [-0.05, 0) is 55.6 Å². The van der Waals surface area contributed by atoms with Crippen LogP contribution >= 0.6 is 0 Å². The van der Waals surface area contributed by atoms with Gasteiger partial charge in [0, 0.05) is 5.92 Å². The van der Waals surface area contributed by atoms with Gasteiger partial charge >= 0.3 is 0 Å². The molecule has 2 fully saturated rings. The predicted octanol–water partition coefficient (Wildman–Crippen LogP) is 5.36. The van der Waals surface area contributed by atoms with Crippen LogP contribution in [0, 0.1) is 30.4 Å². The Hall–Kier alpha value is -0.960. The van der Waals surface area contributed by atoms with E-state index < -0.39 is 11.6 Å². The van der Waals surface area contributed by atoms with Gasteiger partial charge in [-0.1, -0.05) is 31.9 Å².